The molecule has 3 amide bonds. The van der Waals surface area contributed by atoms with Crippen molar-refractivity contribution in [2.24, 2.45) is 10.2 Å². The molecule has 38 heavy (non-hydrogen) atoms. The van der Waals surface area contributed by atoms with Crippen molar-refractivity contribution in [1.82, 2.24) is 9.80 Å². The molecular weight excluding hydrogens is 476 g/mol. The van der Waals surface area contributed by atoms with E-state index in [1.807, 2.05) is 6.92 Å². The fraction of sp³-hybridized carbons (Fsp3) is 0.467. The lowest BCUT2D eigenvalue weighted by molar-refractivity contribution is -0.127. The van der Waals surface area contributed by atoms with Gasteiger partial charge in [0.25, 0.3) is 5.91 Å². The lowest BCUT2D eigenvalue weighted by Crippen LogP contribution is -2.56. The van der Waals surface area contributed by atoms with Crippen LogP contribution in [0.2, 0.25) is 0 Å². The van der Waals surface area contributed by atoms with Crippen LogP contribution in [0.25, 0.3) is 0 Å². The Morgan fingerprint density at radius 2 is 1.53 bits per heavy atom. The van der Waals surface area contributed by atoms with Gasteiger partial charge in [0, 0.05) is 56.9 Å². The molecule has 6 rings (SSSR count). The SMILES string of the molecule is C#Cc1ccc(N2C(=O)N(CCC3(C)N=N3)C3(CCN(Cc4ccc(N5CCCC5)cc4)CC3)C2=O)cc1. The zero-order valence-electron chi connectivity index (χ0n) is 22.0. The van der Waals surface area contributed by atoms with Crippen LogP contribution in [-0.4, -0.2) is 65.7 Å². The van der Waals surface area contributed by atoms with Crippen LogP contribution in [0.3, 0.4) is 0 Å². The Labute approximate surface area is 224 Å². The third-order valence-electron chi connectivity index (χ3n) is 8.58. The molecule has 0 unspecified atom stereocenters. The lowest BCUT2D eigenvalue weighted by Gasteiger charge is -2.42. The predicted molar refractivity (Wildman–Crippen MR) is 147 cm³/mol. The van der Waals surface area contributed by atoms with E-state index in [1.165, 1.54) is 29.0 Å². The molecule has 0 atom stereocenters. The van der Waals surface area contributed by atoms with Crippen LogP contribution in [-0.2, 0) is 11.3 Å². The number of piperidine rings is 1. The Morgan fingerprint density at radius 3 is 2.13 bits per heavy atom. The number of terminal acetylenes is 1. The van der Waals surface area contributed by atoms with Crippen molar-refractivity contribution >= 4 is 23.3 Å². The second-order valence-electron chi connectivity index (χ2n) is 11.1. The van der Waals surface area contributed by atoms with Crippen LogP contribution in [0.4, 0.5) is 16.2 Å². The van der Waals surface area contributed by atoms with Crippen LogP contribution in [0.1, 0.15) is 50.2 Å². The van der Waals surface area contributed by atoms with Crippen molar-refractivity contribution in [2.45, 2.75) is 56.8 Å². The second-order valence-corrected chi connectivity index (χ2v) is 11.1. The summed E-state index contributed by atoms with van der Waals surface area (Å²) in [5.41, 5.74) is 2.57. The molecule has 0 radical (unpaired) electrons. The third-order valence-corrected chi connectivity index (χ3v) is 8.58. The molecule has 0 saturated carbocycles. The van der Waals surface area contributed by atoms with Gasteiger partial charge >= 0.3 is 6.03 Å². The maximum absolute atomic E-state index is 14.0. The molecule has 8 heteroatoms. The van der Waals surface area contributed by atoms with E-state index in [1.54, 1.807) is 29.2 Å². The van der Waals surface area contributed by atoms with Gasteiger partial charge in [0.2, 0.25) is 0 Å². The van der Waals surface area contributed by atoms with Crippen molar-refractivity contribution in [2.75, 3.05) is 42.5 Å². The van der Waals surface area contributed by atoms with Crippen molar-refractivity contribution in [3.63, 3.8) is 0 Å². The normalized spacial score (nSPS) is 21.9. The summed E-state index contributed by atoms with van der Waals surface area (Å²) in [6, 6.07) is 15.7. The summed E-state index contributed by atoms with van der Waals surface area (Å²) in [5, 5.41) is 8.24. The van der Waals surface area contributed by atoms with Gasteiger partial charge in [-0.1, -0.05) is 18.1 Å². The first-order chi connectivity index (χ1) is 18.4. The van der Waals surface area contributed by atoms with E-state index in [4.69, 9.17) is 6.42 Å². The first-order valence-corrected chi connectivity index (χ1v) is 13.6. The molecule has 196 valence electrons. The second kappa shape index (κ2) is 9.55. The van der Waals surface area contributed by atoms with E-state index in [2.05, 4.69) is 50.2 Å². The first-order valence-electron chi connectivity index (χ1n) is 13.6. The van der Waals surface area contributed by atoms with Crippen molar-refractivity contribution in [3.05, 3.63) is 59.7 Å². The fourth-order valence-corrected chi connectivity index (χ4v) is 6.08. The predicted octanol–water partition coefficient (Wildman–Crippen LogP) is 4.64. The highest BCUT2D eigenvalue weighted by molar-refractivity contribution is 6.23. The standard InChI is InChI=1S/C30H34N6O2/c1-3-23-6-12-26(13-7-23)36-27(37)30(35(28(36)38)21-14-29(2)31-32-29)15-19-33(20-16-30)22-24-8-10-25(11-9-24)34-17-4-5-18-34/h1,6-13H,4-5,14-22H2,2H3. The maximum Gasteiger partial charge on any atom is 0.332 e. The van der Waals surface area contributed by atoms with Crippen LogP contribution in [0, 0.1) is 12.3 Å². The summed E-state index contributed by atoms with van der Waals surface area (Å²) >= 11 is 0. The number of carbonyl (C=O) groups excluding carboxylic acids is 2. The van der Waals surface area contributed by atoms with Gasteiger partial charge in [0.15, 0.2) is 5.66 Å². The number of hydrogen-bond donors (Lipinski definition) is 0. The zero-order chi connectivity index (χ0) is 26.3. The average molecular weight is 511 g/mol. The minimum absolute atomic E-state index is 0.139. The molecular formula is C30H34N6O2. The van der Waals surface area contributed by atoms with Gasteiger partial charge in [-0.05, 0) is 74.6 Å². The zero-order valence-corrected chi connectivity index (χ0v) is 22.0. The molecule has 4 aliphatic heterocycles. The highest BCUT2D eigenvalue weighted by Crippen LogP contribution is 2.41. The van der Waals surface area contributed by atoms with Gasteiger partial charge < -0.3 is 9.80 Å². The molecule has 3 saturated heterocycles. The van der Waals surface area contributed by atoms with Crippen LogP contribution >= 0.6 is 0 Å². The molecule has 3 fully saturated rings. The van der Waals surface area contributed by atoms with Crippen molar-refractivity contribution in [3.8, 4) is 12.3 Å². The summed E-state index contributed by atoms with van der Waals surface area (Å²) in [5.74, 6) is 2.45. The van der Waals surface area contributed by atoms with E-state index in [0.29, 0.717) is 37.1 Å². The summed E-state index contributed by atoms with van der Waals surface area (Å²) in [6.45, 7) is 7.03. The summed E-state index contributed by atoms with van der Waals surface area (Å²) < 4.78 is 0. The molecule has 2 aromatic carbocycles. The molecule has 2 aromatic rings. The van der Waals surface area contributed by atoms with E-state index in [0.717, 1.165) is 32.7 Å². The van der Waals surface area contributed by atoms with Gasteiger partial charge in [-0.25, -0.2) is 9.69 Å². The number of urea groups is 1. The van der Waals surface area contributed by atoms with Gasteiger partial charge in [-0.15, -0.1) is 6.42 Å². The maximum atomic E-state index is 14.0. The highest BCUT2D eigenvalue weighted by atomic mass is 16.2. The Bertz CT molecular complexity index is 1280. The molecule has 4 heterocycles. The average Bonchev–Trinajstić information content (AvgIpc) is 3.35. The monoisotopic (exact) mass is 510 g/mol. The summed E-state index contributed by atoms with van der Waals surface area (Å²) in [4.78, 5) is 35.7. The minimum Gasteiger partial charge on any atom is -0.372 e. The van der Waals surface area contributed by atoms with E-state index < -0.39 is 11.2 Å². The largest absolute Gasteiger partial charge is 0.372 e. The fourth-order valence-electron chi connectivity index (χ4n) is 6.08. The molecule has 8 nitrogen and oxygen atoms in total. The molecule has 0 N–H and O–H groups in total. The smallest absolute Gasteiger partial charge is 0.332 e. The number of anilines is 2. The number of likely N-dealkylation sites (tertiary alicyclic amines) is 1. The van der Waals surface area contributed by atoms with Crippen LogP contribution < -0.4 is 9.80 Å². The molecule has 0 aliphatic carbocycles. The molecule has 1 spiro atoms. The quantitative estimate of drug-likeness (QED) is 0.402. The van der Waals surface area contributed by atoms with Gasteiger partial charge in [0.1, 0.15) is 5.54 Å². The van der Waals surface area contributed by atoms with E-state index >= 15 is 0 Å². The number of benzene rings is 2. The molecule has 4 aliphatic rings. The van der Waals surface area contributed by atoms with Crippen molar-refractivity contribution < 1.29 is 9.59 Å². The third kappa shape index (κ3) is 4.45. The molecule has 0 bridgehead atoms. The van der Waals surface area contributed by atoms with Gasteiger partial charge in [-0.2, -0.15) is 10.2 Å². The van der Waals surface area contributed by atoms with Gasteiger partial charge in [-0.3, -0.25) is 9.69 Å². The molecule has 0 aromatic heterocycles. The number of amides is 3. The number of nitrogens with zero attached hydrogens (tertiary/aromatic N) is 6. The van der Waals surface area contributed by atoms with Gasteiger partial charge in [0.05, 0.1) is 5.69 Å². The lowest BCUT2D eigenvalue weighted by atomic mass is 9.85. The van der Waals surface area contributed by atoms with Crippen LogP contribution in [0.5, 0.6) is 0 Å². The summed E-state index contributed by atoms with van der Waals surface area (Å²) in [6.07, 6.45) is 9.87. The minimum atomic E-state index is -0.844. The Balaban J connectivity index is 1.17. The van der Waals surface area contributed by atoms with Crippen LogP contribution in [0.15, 0.2) is 58.8 Å². The number of carbonyl (C=O) groups is 2. The van der Waals surface area contributed by atoms with E-state index in [-0.39, 0.29) is 11.9 Å². The number of rotatable bonds is 7. The summed E-state index contributed by atoms with van der Waals surface area (Å²) in [7, 11) is 0. The van der Waals surface area contributed by atoms with E-state index in [9.17, 15) is 9.59 Å². The topological polar surface area (TPSA) is 71.8 Å². The Morgan fingerprint density at radius 1 is 0.895 bits per heavy atom. The van der Waals surface area contributed by atoms with Crippen molar-refractivity contribution in [1.29, 1.82) is 0 Å². The Kier molecular flexibility index (Phi) is 6.19. The highest BCUT2D eigenvalue weighted by Gasteiger charge is 2.58. The number of hydrogen-bond acceptors (Lipinski definition) is 6. The number of imide groups is 1. The Hall–Kier alpha value is -3.70. The first kappa shape index (κ1) is 24.6.